The molecule has 15 heteroatoms. The third-order valence-electron chi connectivity index (χ3n) is 13.2. The Balaban J connectivity index is 1.07. The molecule has 4 atom stereocenters. The SMILES string of the molecule is COC(=O)N[C@H](C(=O)N1CCC[C@H]1c1ncc(-c2cccc(C3(c4cccc(-c5cnc([C@@H]6CCCN6C(=O)[C@@H](NC(=O)OC)C(C)C)[nH]5)c4)CN(c4ccccc4)C3)c2)[nH]1)C(C)C. The van der Waals surface area contributed by atoms with Gasteiger partial charge in [-0.25, -0.2) is 19.6 Å². The summed E-state index contributed by atoms with van der Waals surface area (Å²) < 4.78 is 9.64. The van der Waals surface area contributed by atoms with E-state index in [4.69, 9.17) is 19.4 Å². The first-order valence-corrected chi connectivity index (χ1v) is 22.3. The minimum atomic E-state index is -0.712. The zero-order valence-corrected chi connectivity index (χ0v) is 37.5. The highest BCUT2D eigenvalue weighted by atomic mass is 16.5. The molecule has 2 aromatic heterocycles. The number of carbonyl (C=O) groups excluding carboxylic acids is 4. The first-order chi connectivity index (χ1) is 30.9. The average molecular weight is 870 g/mol. The highest BCUT2D eigenvalue weighted by Crippen LogP contribution is 2.45. The van der Waals surface area contributed by atoms with Gasteiger partial charge >= 0.3 is 12.2 Å². The molecule has 8 rings (SSSR count). The Morgan fingerprint density at radius 3 is 1.53 bits per heavy atom. The number of nitrogens with zero attached hydrogens (tertiary/aromatic N) is 5. The first-order valence-electron chi connectivity index (χ1n) is 22.3. The maximum Gasteiger partial charge on any atom is 0.407 e. The lowest BCUT2D eigenvalue weighted by atomic mass is 9.67. The van der Waals surface area contributed by atoms with Crippen LogP contribution in [0.25, 0.3) is 22.5 Å². The Bertz CT molecular complexity index is 2310. The summed E-state index contributed by atoms with van der Waals surface area (Å²) in [5.41, 5.74) is 6.84. The van der Waals surface area contributed by atoms with Gasteiger partial charge in [0.2, 0.25) is 11.8 Å². The van der Waals surface area contributed by atoms with Gasteiger partial charge in [-0.3, -0.25) is 9.59 Å². The Kier molecular flexibility index (Phi) is 12.8. The second kappa shape index (κ2) is 18.6. The lowest BCUT2D eigenvalue weighted by Gasteiger charge is -2.52. The minimum absolute atomic E-state index is 0.126. The maximum absolute atomic E-state index is 13.8. The molecule has 3 saturated heterocycles. The molecular weight excluding hydrogens is 811 g/mol. The number of nitrogens with one attached hydrogen (secondary N) is 4. The molecule has 0 spiro atoms. The number of aromatic amines is 2. The first kappa shape index (κ1) is 44.0. The Labute approximate surface area is 374 Å². The molecule has 3 aliphatic heterocycles. The van der Waals surface area contributed by atoms with Gasteiger partial charge in [0.05, 0.1) is 55.5 Å². The summed E-state index contributed by atoms with van der Waals surface area (Å²) in [4.78, 5) is 74.7. The Morgan fingerprint density at radius 2 is 1.11 bits per heavy atom. The number of methoxy groups -OCH3 is 2. The van der Waals surface area contributed by atoms with E-state index < -0.39 is 24.3 Å². The number of imidazole rings is 2. The van der Waals surface area contributed by atoms with Crippen molar-refractivity contribution in [1.82, 2.24) is 40.4 Å². The van der Waals surface area contributed by atoms with Crippen molar-refractivity contribution in [2.75, 3.05) is 45.3 Å². The molecule has 15 nitrogen and oxygen atoms in total. The molecule has 0 radical (unpaired) electrons. The van der Waals surface area contributed by atoms with Crippen LogP contribution < -0.4 is 15.5 Å². The van der Waals surface area contributed by atoms with Gasteiger partial charge in [-0.1, -0.05) is 82.3 Å². The number of ether oxygens (including phenoxy) is 2. The smallest absolute Gasteiger partial charge is 0.407 e. The van der Waals surface area contributed by atoms with Crippen molar-refractivity contribution in [2.24, 2.45) is 11.8 Å². The van der Waals surface area contributed by atoms with Crippen LogP contribution in [-0.2, 0) is 24.5 Å². The molecule has 3 aromatic carbocycles. The standard InChI is InChI=1S/C49H59N9O6/c1-30(2)41(54-47(61)63-5)45(59)57-22-12-20-39(57)43-50-26-37(52-43)32-14-10-16-34(24-32)49(28-56(29-49)36-18-8-7-9-19-36)35-17-11-15-33(25-35)38-27-51-44(53-38)40-21-13-23-58(40)46(60)42(31(3)4)55-48(62)64-6/h7-11,14-19,24-27,30-31,39-42H,12-13,20-23,28-29H2,1-6H3,(H,50,52)(H,51,53)(H,54,61)(H,55,62)/t39-,40-,41-,42-/m0/s1. The van der Waals surface area contributed by atoms with E-state index in [-0.39, 0.29) is 41.1 Å². The predicted molar refractivity (Wildman–Crippen MR) is 243 cm³/mol. The fourth-order valence-corrected chi connectivity index (χ4v) is 9.62. The van der Waals surface area contributed by atoms with Crippen molar-refractivity contribution in [1.29, 1.82) is 0 Å². The van der Waals surface area contributed by atoms with Crippen molar-refractivity contribution >= 4 is 29.7 Å². The quantitative estimate of drug-likeness (QED) is 0.0942. The minimum Gasteiger partial charge on any atom is -0.453 e. The molecule has 64 heavy (non-hydrogen) atoms. The number of amides is 4. The molecule has 4 amide bonds. The van der Waals surface area contributed by atoms with E-state index in [0.29, 0.717) is 13.1 Å². The molecule has 5 heterocycles. The van der Waals surface area contributed by atoms with Crippen LogP contribution >= 0.6 is 0 Å². The number of aromatic nitrogens is 4. The van der Waals surface area contributed by atoms with E-state index >= 15 is 0 Å². The largest absolute Gasteiger partial charge is 0.453 e. The van der Waals surface area contributed by atoms with Crippen molar-refractivity contribution in [3.05, 3.63) is 114 Å². The van der Waals surface area contributed by atoms with Gasteiger partial charge < -0.3 is 44.8 Å². The van der Waals surface area contributed by atoms with Crippen molar-refractivity contribution in [2.45, 2.75) is 83.0 Å². The maximum atomic E-state index is 13.8. The third-order valence-corrected chi connectivity index (χ3v) is 13.2. The molecule has 0 unspecified atom stereocenters. The van der Waals surface area contributed by atoms with Crippen molar-refractivity contribution in [3.8, 4) is 22.5 Å². The molecule has 0 saturated carbocycles. The van der Waals surface area contributed by atoms with Gasteiger partial charge in [0, 0.05) is 31.9 Å². The predicted octanol–water partition coefficient (Wildman–Crippen LogP) is 7.36. The lowest BCUT2D eigenvalue weighted by molar-refractivity contribution is -0.136. The summed E-state index contributed by atoms with van der Waals surface area (Å²) in [7, 11) is 2.59. The van der Waals surface area contributed by atoms with E-state index in [9.17, 15) is 19.2 Å². The van der Waals surface area contributed by atoms with Crippen LogP contribution in [0.5, 0.6) is 0 Å². The van der Waals surface area contributed by atoms with E-state index in [1.54, 1.807) is 0 Å². The summed E-state index contributed by atoms with van der Waals surface area (Å²) in [6.45, 7) is 10.3. The molecule has 336 valence electrons. The summed E-state index contributed by atoms with van der Waals surface area (Å²) in [6, 6.07) is 25.8. The topological polar surface area (TPSA) is 178 Å². The molecule has 3 aliphatic rings. The highest BCUT2D eigenvalue weighted by molar-refractivity contribution is 5.87. The number of anilines is 1. The fourth-order valence-electron chi connectivity index (χ4n) is 9.62. The van der Waals surface area contributed by atoms with E-state index in [2.05, 4.69) is 98.3 Å². The zero-order chi connectivity index (χ0) is 45.1. The van der Waals surface area contributed by atoms with E-state index in [1.807, 2.05) is 56.0 Å². The molecular formula is C49H59N9O6. The van der Waals surface area contributed by atoms with Crippen LogP contribution in [0.2, 0.25) is 0 Å². The van der Waals surface area contributed by atoms with Gasteiger partial charge in [0.25, 0.3) is 0 Å². The lowest BCUT2D eigenvalue weighted by Crippen LogP contribution is -2.60. The number of rotatable bonds is 13. The van der Waals surface area contributed by atoms with Crippen LogP contribution in [0.15, 0.2) is 91.3 Å². The number of hydrogen-bond acceptors (Lipinski definition) is 9. The summed E-state index contributed by atoms with van der Waals surface area (Å²) in [6.07, 6.45) is 5.62. The van der Waals surface area contributed by atoms with Gasteiger partial charge in [0.15, 0.2) is 0 Å². The highest BCUT2D eigenvalue weighted by Gasteiger charge is 2.46. The van der Waals surface area contributed by atoms with Crippen LogP contribution in [0.4, 0.5) is 15.3 Å². The van der Waals surface area contributed by atoms with Crippen LogP contribution in [-0.4, -0.2) is 106 Å². The average Bonchev–Trinajstić information content (AvgIpc) is 4.14. The summed E-state index contributed by atoms with van der Waals surface area (Å²) >= 11 is 0. The van der Waals surface area contributed by atoms with Crippen molar-refractivity contribution in [3.63, 3.8) is 0 Å². The number of para-hydroxylation sites is 1. The number of benzene rings is 3. The van der Waals surface area contributed by atoms with Gasteiger partial charge in [0.1, 0.15) is 23.7 Å². The number of alkyl carbamates (subject to hydrolysis) is 2. The fraction of sp³-hybridized carbons (Fsp3) is 0.429. The normalized spacial score (nSPS) is 19.0. The van der Waals surface area contributed by atoms with E-state index in [0.717, 1.165) is 78.6 Å². The molecule has 5 aromatic rings. The number of H-pyrrole nitrogens is 2. The molecule has 4 N–H and O–H groups in total. The van der Waals surface area contributed by atoms with Gasteiger partial charge in [-0.15, -0.1) is 0 Å². The summed E-state index contributed by atoms with van der Waals surface area (Å²) in [5.74, 6) is 0.890. The molecule has 0 aliphatic carbocycles. The molecule has 0 bridgehead atoms. The summed E-state index contributed by atoms with van der Waals surface area (Å²) in [5, 5.41) is 5.46. The molecule has 3 fully saturated rings. The second-order valence-corrected chi connectivity index (χ2v) is 17.9. The second-order valence-electron chi connectivity index (χ2n) is 17.9. The van der Waals surface area contributed by atoms with Crippen LogP contribution in [0.3, 0.4) is 0 Å². The van der Waals surface area contributed by atoms with Gasteiger partial charge in [-0.2, -0.15) is 0 Å². The third kappa shape index (κ3) is 8.67. The Morgan fingerprint density at radius 1 is 0.656 bits per heavy atom. The van der Waals surface area contributed by atoms with E-state index in [1.165, 1.54) is 25.3 Å². The monoisotopic (exact) mass is 869 g/mol. The van der Waals surface area contributed by atoms with Crippen LogP contribution in [0, 0.1) is 11.8 Å². The van der Waals surface area contributed by atoms with Gasteiger partial charge in [-0.05, 0) is 84.0 Å². The zero-order valence-electron chi connectivity index (χ0n) is 37.5. The number of carbonyl (C=O) groups is 4. The number of hydrogen-bond donors (Lipinski definition) is 4. The Hall–Kier alpha value is -6.64. The number of likely N-dealkylation sites (tertiary alicyclic amines) is 2. The van der Waals surface area contributed by atoms with Crippen LogP contribution in [0.1, 0.15) is 88.2 Å². The van der Waals surface area contributed by atoms with Crippen molar-refractivity contribution < 1.29 is 28.7 Å².